The molecule has 0 aliphatic rings. The minimum atomic E-state index is -4.45. The molecule has 1 rings (SSSR count). The van der Waals surface area contributed by atoms with Gasteiger partial charge in [0.2, 0.25) is 0 Å². The van der Waals surface area contributed by atoms with Gasteiger partial charge in [-0.15, -0.1) is 0 Å². The zero-order valence-electron chi connectivity index (χ0n) is 8.94. The maximum absolute atomic E-state index is 12.4. The second-order valence-corrected chi connectivity index (χ2v) is 3.62. The molecule has 0 aliphatic carbocycles. The van der Waals surface area contributed by atoms with Gasteiger partial charge in [-0.25, -0.2) is 0 Å². The van der Waals surface area contributed by atoms with E-state index in [4.69, 9.17) is 10.5 Å². The highest BCUT2D eigenvalue weighted by molar-refractivity contribution is 5.08. The normalized spacial score (nSPS) is 13.1. The van der Waals surface area contributed by atoms with Gasteiger partial charge >= 0.3 is 6.18 Å². The van der Waals surface area contributed by atoms with Crippen molar-refractivity contribution in [2.75, 3.05) is 0 Å². The summed E-state index contributed by atoms with van der Waals surface area (Å²) in [5, 5.41) is 21.1. The SMILES string of the molecule is Cc1cnn(C(CC(F)(F)F)C(C#N)C#N)c1. The largest absolute Gasteiger partial charge is 0.391 e. The van der Waals surface area contributed by atoms with Gasteiger partial charge in [0, 0.05) is 6.20 Å². The molecule has 1 unspecified atom stereocenters. The monoisotopic (exact) mass is 242 g/mol. The minimum absolute atomic E-state index is 0.673. The van der Waals surface area contributed by atoms with E-state index >= 15 is 0 Å². The van der Waals surface area contributed by atoms with Crippen molar-refractivity contribution >= 4 is 0 Å². The van der Waals surface area contributed by atoms with Gasteiger partial charge in [-0.3, -0.25) is 4.68 Å². The number of nitriles is 2. The highest BCUT2D eigenvalue weighted by Gasteiger charge is 2.37. The summed E-state index contributed by atoms with van der Waals surface area (Å²) in [5.41, 5.74) is 0.673. The van der Waals surface area contributed by atoms with Crippen LogP contribution in [0.1, 0.15) is 18.0 Å². The molecule has 17 heavy (non-hydrogen) atoms. The Morgan fingerprint density at radius 3 is 2.35 bits per heavy atom. The van der Waals surface area contributed by atoms with E-state index in [1.54, 1.807) is 19.1 Å². The second-order valence-electron chi connectivity index (χ2n) is 3.62. The Morgan fingerprint density at radius 2 is 2.00 bits per heavy atom. The number of hydrogen-bond acceptors (Lipinski definition) is 3. The first-order valence-corrected chi connectivity index (χ1v) is 4.74. The van der Waals surface area contributed by atoms with Crippen molar-refractivity contribution in [1.82, 2.24) is 9.78 Å². The van der Waals surface area contributed by atoms with E-state index in [1.165, 1.54) is 12.4 Å². The Balaban J connectivity index is 3.04. The van der Waals surface area contributed by atoms with Crippen LogP contribution in [-0.2, 0) is 0 Å². The Labute approximate surface area is 95.9 Å². The second kappa shape index (κ2) is 4.88. The van der Waals surface area contributed by atoms with E-state index in [0.717, 1.165) is 4.68 Å². The Bertz CT molecular complexity index is 449. The van der Waals surface area contributed by atoms with Crippen molar-refractivity contribution in [3.8, 4) is 12.1 Å². The summed E-state index contributed by atoms with van der Waals surface area (Å²) in [5.74, 6) is -1.38. The van der Waals surface area contributed by atoms with Crippen LogP contribution in [0.4, 0.5) is 13.2 Å². The van der Waals surface area contributed by atoms with Gasteiger partial charge in [-0.2, -0.15) is 28.8 Å². The standard InChI is InChI=1S/C10H9F3N4/c1-7-5-16-17(6-7)9(2-10(11,12)13)8(3-14)4-15/h5-6,8-9H,2H2,1H3. The van der Waals surface area contributed by atoms with E-state index in [1.807, 2.05) is 0 Å². The van der Waals surface area contributed by atoms with Crippen LogP contribution in [0.3, 0.4) is 0 Å². The van der Waals surface area contributed by atoms with Crippen LogP contribution in [0.25, 0.3) is 0 Å². The van der Waals surface area contributed by atoms with Crippen LogP contribution in [-0.4, -0.2) is 16.0 Å². The number of nitrogens with zero attached hydrogens (tertiary/aromatic N) is 4. The van der Waals surface area contributed by atoms with Gasteiger partial charge in [-0.05, 0) is 12.5 Å². The lowest BCUT2D eigenvalue weighted by Crippen LogP contribution is -2.24. The van der Waals surface area contributed by atoms with E-state index in [2.05, 4.69) is 5.10 Å². The highest BCUT2D eigenvalue weighted by atomic mass is 19.4. The van der Waals surface area contributed by atoms with Crippen molar-refractivity contribution in [2.24, 2.45) is 5.92 Å². The summed E-state index contributed by atoms with van der Waals surface area (Å²) < 4.78 is 38.1. The Kier molecular flexibility index (Phi) is 3.74. The fourth-order valence-corrected chi connectivity index (χ4v) is 1.42. The molecule has 7 heteroatoms. The number of halogens is 3. The third-order valence-corrected chi connectivity index (χ3v) is 2.17. The fourth-order valence-electron chi connectivity index (χ4n) is 1.42. The first kappa shape index (κ1) is 13.0. The van der Waals surface area contributed by atoms with E-state index < -0.39 is 24.6 Å². The topological polar surface area (TPSA) is 65.4 Å². The molecule has 1 aromatic rings. The number of hydrogen-bond donors (Lipinski definition) is 0. The van der Waals surface area contributed by atoms with Gasteiger partial charge in [0.15, 0.2) is 5.92 Å². The Hall–Kier alpha value is -2.02. The molecule has 1 atom stereocenters. The first-order valence-electron chi connectivity index (χ1n) is 4.74. The molecular formula is C10H9F3N4. The number of alkyl halides is 3. The number of aromatic nitrogens is 2. The molecule has 0 N–H and O–H groups in total. The van der Waals surface area contributed by atoms with E-state index in [0.29, 0.717) is 5.56 Å². The smallest absolute Gasteiger partial charge is 0.267 e. The molecule has 0 saturated carbocycles. The first-order chi connectivity index (χ1) is 7.87. The van der Waals surface area contributed by atoms with E-state index in [-0.39, 0.29) is 0 Å². The zero-order chi connectivity index (χ0) is 13.1. The van der Waals surface area contributed by atoms with Crippen LogP contribution in [0.5, 0.6) is 0 Å². The summed E-state index contributed by atoms with van der Waals surface area (Å²) in [4.78, 5) is 0. The van der Waals surface area contributed by atoms with Crippen LogP contribution in [0.2, 0.25) is 0 Å². The maximum Gasteiger partial charge on any atom is 0.391 e. The van der Waals surface area contributed by atoms with Crippen molar-refractivity contribution in [3.05, 3.63) is 18.0 Å². The maximum atomic E-state index is 12.4. The molecular weight excluding hydrogens is 233 g/mol. The van der Waals surface area contributed by atoms with Gasteiger partial charge in [0.25, 0.3) is 0 Å². The highest BCUT2D eigenvalue weighted by Crippen LogP contribution is 2.32. The van der Waals surface area contributed by atoms with Crippen LogP contribution in [0, 0.1) is 35.5 Å². The summed E-state index contributed by atoms with van der Waals surface area (Å²) in [6.45, 7) is 1.67. The molecule has 0 fully saturated rings. The van der Waals surface area contributed by atoms with Crippen molar-refractivity contribution in [3.63, 3.8) is 0 Å². The molecule has 0 bridgehead atoms. The molecule has 0 saturated heterocycles. The molecule has 0 aliphatic heterocycles. The molecule has 0 spiro atoms. The predicted molar refractivity (Wildman–Crippen MR) is 51.4 cm³/mol. The van der Waals surface area contributed by atoms with Crippen LogP contribution in [0.15, 0.2) is 12.4 Å². The van der Waals surface area contributed by atoms with Gasteiger partial charge in [0.1, 0.15) is 0 Å². The van der Waals surface area contributed by atoms with Crippen LogP contribution < -0.4 is 0 Å². The summed E-state index contributed by atoms with van der Waals surface area (Å²) >= 11 is 0. The van der Waals surface area contributed by atoms with Crippen molar-refractivity contribution < 1.29 is 13.2 Å². The summed E-state index contributed by atoms with van der Waals surface area (Å²) in [7, 11) is 0. The van der Waals surface area contributed by atoms with Crippen LogP contribution >= 0.6 is 0 Å². The average Bonchev–Trinajstić information content (AvgIpc) is 2.63. The molecule has 0 aromatic carbocycles. The minimum Gasteiger partial charge on any atom is -0.267 e. The lowest BCUT2D eigenvalue weighted by molar-refractivity contribution is -0.144. The van der Waals surface area contributed by atoms with Crippen molar-refractivity contribution in [2.45, 2.75) is 25.6 Å². The van der Waals surface area contributed by atoms with Crippen molar-refractivity contribution in [1.29, 1.82) is 10.5 Å². The molecule has 0 amide bonds. The Morgan fingerprint density at radius 1 is 1.41 bits per heavy atom. The lowest BCUT2D eigenvalue weighted by atomic mass is 10.00. The molecule has 4 nitrogen and oxygen atoms in total. The molecule has 1 heterocycles. The van der Waals surface area contributed by atoms with Gasteiger partial charge in [0.05, 0.1) is 30.8 Å². The van der Waals surface area contributed by atoms with E-state index in [9.17, 15) is 13.2 Å². The quantitative estimate of drug-likeness (QED) is 0.817. The fraction of sp³-hybridized carbons (Fsp3) is 0.500. The average molecular weight is 242 g/mol. The zero-order valence-corrected chi connectivity index (χ0v) is 8.94. The lowest BCUT2D eigenvalue weighted by Gasteiger charge is -2.19. The molecule has 1 aromatic heterocycles. The molecule has 90 valence electrons. The summed E-state index contributed by atoms with van der Waals surface area (Å²) in [6, 6.07) is 1.81. The predicted octanol–water partition coefficient (Wildman–Crippen LogP) is 2.35. The number of rotatable bonds is 3. The van der Waals surface area contributed by atoms with Gasteiger partial charge < -0.3 is 0 Å². The third-order valence-electron chi connectivity index (χ3n) is 2.17. The number of aryl methyl sites for hydroxylation is 1. The third kappa shape index (κ3) is 3.49. The summed E-state index contributed by atoms with van der Waals surface area (Å²) in [6.07, 6.45) is -2.93. The molecule has 0 radical (unpaired) electrons. The van der Waals surface area contributed by atoms with Gasteiger partial charge in [-0.1, -0.05) is 0 Å².